The highest BCUT2D eigenvalue weighted by Crippen LogP contribution is 2.26. The Morgan fingerprint density at radius 1 is 1.64 bits per heavy atom. The number of carbonyl (C=O) groups is 1. The molecule has 0 amide bonds. The number of ether oxygens (including phenoxy) is 1. The van der Waals surface area contributed by atoms with E-state index in [2.05, 4.69) is 0 Å². The summed E-state index contributed by atoms with van der Waals surface area (Å²) in [5.41, 5.74) is 0.988. The van der Waals surface area contributed by atoms with Crippen molar-refractivity contribution in [2.24, 2.45) is 5.92 Å². The maximum Gasteiger partial charge on any atom is 0.318 e. The Balaban J connectivity index is 2.42. The Kier molecular flexibility index (Phi) is 1.39. The number of thiocarbonyl (C=S) groups is 1. The van der Waals surface area contributed by atoms with Crippen molar-refractivity contribution in [2.45, 2.75) is 0 Å². The van der Waals surface area contributed by atoms with Crippen LogP contribution in [0.5, 0.6) is 0 Å². The van der Waals surface area contributed by atoms with Crippen molar-refractivity contribution in [1.29, 1.82) is 0 Å². The van der Waals surface area contributed by atoms with Crippen LogP contribution in [0, 0.1) is 5.92 Å². The lowest BCUT2D eigenvalue weighted by Gasteiger charge is -2.07. The molecule has 1 saturated heterocycles. The van der Waals surface area contributed by atoms with Gasteiger partial charge in [-0.2, -0.15) is 0 Å². The third kappa shape index (κ3) is 0.922. The summed E-state index contributed by atoms with van der Waals surface area (Å²) in [6, 6.07) is 0. The number of hydrogen-bond acceptors (Lipinski definition) is 3. The Hall–Kier alpha value is -0.960. The van der Waals surface area contributed by atoms with E-state index in [-0.39, 0.29) is 11.9 Å². The van der Waals surface area contributed by atoms with Gasteiger partial charge in [0.1, 0.15) is 12.5 Å². The van der Waals surface area contributed by atoms with E-state index in [9.17, 15) is 4.79 Å². The zero-order valence-corrected chi connectivity index (χ0v) is 6.56. The maximum absolute atomic E-state index is 11.0. The van der Waals surface area contributed by atoms with E-state index in [1.165, 1.54) is 0 Å². The Bertz CT molecular complexity index is 288. The lowest BCUT2D eigenvalue weighted by molar-refractivity contribution is -0.139. The van der Waals surface area contributed by atoms with Gasteiger partial charge < -0.3 is 4.74 Å². The molecule has 0 bridgehead atoms. The number of hydrogen-bond donors (Lipinski definition) is 0. The first-order valence-electron chi connectivity index (χ1n) is 3.36. The highest BCUT2D eigenvalue weighted by atomic mass is 32.1. The first-order valence-corrected chi connectivity index (χ1v) is 3.77. The molecule has 11 heavy (non-hydrogen) atoms. The fourth-order valence-corrected chi connectivity index (χ4v) is 1.60. The first-order chi connectivity index (χ1) is 5.29. The summed E-state index contributed by atoms with van der Waals surface area (Å²) in [6.45, 7) is 0.411. The average Bonchev–Trinajstić information content (AvgIpc) is 2.34. The van der Waals surface area contributed by atoms with E-state index in [0.717, 1.165) is 5.57 Å². The summed E-state index contributed by atoms with van der Waals surface area (Å²) < 4.78 is 4.84. The quantitative estimate of drug-likeness (QED) is 0.397. The van der Waals surface area contributed by atoms with Crippen molar-refractivity contribution in [2.75, 3.05) is 6.61 Å². The van der Waals surface area contributed by atoms with Crippen LogP contribution in [0.3, 0.4) is 0 Å². The fraction of sp³-hybridized carbons (Fsp3) is 0.250. The molecule has 0 spiro atoms. The molecule has 0 aromatic rings. The maximum atomic E-state index is 11.0. The molecule has 1 heterocycles. The van der Waals surface area contributed by atoms with Gasteiger partial charge >= 0.3 is 5.97 Å². The molecule has 2 nitrogen and oxygen atoms in total. The van der Waals surface area contributed by atoms with Gasteiger partial charge in [0.05, 0.1) is 0 Å². The van der Waals surface area contributed by atoms with E-state index < -0.39 is 0 Å². The molecule has 56 valence electrons. The Morgan fingerprint density at radius 2 is 2.45 bits per heavy atom. The van der Waals surface area contributed by atoms with Gasteiger partial charge in [-0.1, -0.05) is 24.4 Å². The predicted molar refractivity (Wildman–Crippen MR) is 44.3 cm³/mol. The van der Waals surface area contributed by atoms with Crippen molar-refractivity contribution in [3.8, 4) is 0 Å². The summed E-state index contributed by atoms with van der Waals surface area (Å²) in [4.78, 5) is 11.7. The largest absolute Gasteiger partial charge is 0.460 e. The molecular formula is C8H6O2S. The molecule has 1 aliphatic carbocycles. The Morgan fingerprint density at radius 3 is 3.18 bits per heavy atom. The third-order valence-corrected chi connectivity index (χ3v) is 2.21. The van der Waals surface area contributed by atoms with Crippen LogP contribution in [0.1, 0.15) is 0 Å². The molecule has 1 atom stereocenters. The highest BCUT2D eigenvalue weighted by molar-refractivity contribution is 7.80. The van der Waals surface area contributed by atoms with E-state index in [4.69, 9.17) is 17.0 Å². The number of rotatable bonds is 0. The number of carbonyl (C=O) groups excluding carboxylic acids is 1. The highest BCUT2D eigenvalue weighted by Gasteiger charge is 2.34. The van der Waals surface area contributed by atoms with Crippen LogP contribution in [0.4, 0.5) is 0 Å². The second-order valence-corrected chi connectivity index (χ2v) is 3.02. The van der Waals surface area contributed by atoms with Crippen molar-refractivity contribution in [3.05, 3.63) is 23.8 Å². The van der Waals surface area contributed by atoms with Gasteiger partial charge in [-0.25, -0.2) is 0 Å². The van der Waals surface area contributed by atoms with Crippen LogP contribution in [0.25, 0.3) is 0 Å². The minimum Gasteiger partial charge on any atom is -0.460 e. The predicted octanol–water partition coefficient (Wildman–Crippen LogP) is 1.03. The van der Waals surface area contributed by atoms with Gasteiger partial charge in [0.15, 0.2) is 0 Å². The smallest absolute Gasteiger partial charge is 0.318 e. The average molecular weight is 166 g/mol. The third-order valence-electron chi connectivity index (χ3n) is 1.84. The molecule has 3 heteroatoms. The van der Waals surface area contributed by atoms with Crippen LogP contribution in [0.2, 0.25) is 0 Å². The lowest BCUT2D eigenvalue weighted by atomic mass is 9.94. The van der Waals surface area contributed by atoms with Crippen LogP contribution in [-0.4, -0.2) is 17.4 Å². The number of cyclic esters (lactones) is 1. The van der Waals surface area contributed by atoms with Gasteiger partial charge in [0.2, 0.25) is 0 Å². The van der Waals surface area contributed by atoms with Crippen LogP contribution in [0.15, 0.2) is 23.8 Å². The standard InChI is InChI=1S/C8H6O2S/c9-8-7-5(4-10-8)2-1-3-6(7)11/h1-3,7H,4H2. The normalized spacial score (nSPS) is 28.0. The van der Waals surface area contributed by atoms with Crippen molar-refractivity contribution in [1.82, 2.24) is 0 Å². The van der Waals surface area contributed by atoms with Crippen molar-refractivity contribution >= 4 is 23.1 Å². The molecule has 1 unspecified atom stereocenters. The van der Waals surface area contributed by atoms with Gasteiger partial charge in [0.25, 0.3) is 0 Å². The van der Waals surface area contributed by atoms with Crippen molar-refractivity contribution < 1.29 is 9.53 Å². The summed E-state index contributed by atoms with van der Waals surface area (Å²) in [5, 5.41) is 0. The second-order valence-electron chi connectivity index (χ2n) is 2.54. The van der Waals surface area contributed by atoms with Crippen LogP contribution in [-0.2, 0) is 9.53 Å². The van der Waals surface area contributed by atoms with Gasteiger partial charge in [-0.15, -0.1) is 0 Å². The summed E-state index contributed by atoms with van der Waals surface area (Å²) >= 11 is 4.99. The number of allylic oxidation sites excluding steroid dienone is 3. The minimum absolute atomic E-state index is 0.203. The van der Waals surface area contributed by atoms with Gasteiger partial charge in [0, 0.05) is 4.86 Å². The second kappa shape index (κ2) is 2.27. The molecule has 0 N–H and O–H groups in total. The fourth-order valence-electron chi connectivity index (χ4n) is 1.28. The van der Waals surface area contributed by atoms with E-state index in [1.807, 2.05) is 12.2 Å². The van der Waals surface area contributed by atoms with Crippen LogP contribution < -0.4 is 0 Å². The topological polar surface area (TPSA) is 26.3 Å². The number of esters is 1. The number of fused-ring (bicyclic) bond motifs is 1. The molecular weight excluding hydrogens is 160 g/mol. The summed E-state index contributed by atoms with van der Waals surface area (Å²) in [6.07, 6.45) is 5.53. The van der Waals surface area contributed by atoms with E-state index in [1.54, 1.807) is 6.08 Å². The summed E-state index contributed by atoms with van der Waals surface area (Å²) in [7, 11) is 0. The van der Waals surface area contributed by atoms with Crippen molar-refractivity contribution in [3.63, 3.8) is 0 Å². The van der Waals surface area contributed by atoms with Gasteiger partial charge in [-0.05, 0) is 11.6 Å². The van der Waals surface area contributed by atoms with Crippen LogP contribution >= 0.6 is 12.2 Å². The Labute approximate surface area is 69.5 Å². The van der Waals surface area contributed by atoms with E-state index in [0.29, 0.717) is 11.5 Å². The molecule has 2 aliphatic rings. The van der Waals surface area contributed by atoms with E-state index >= 15 is 0 Å². The minimum atomic E-state index is -0.255. The molecule has 2 rings (SSSR count). The first kappa shape index (κ1) is 6.73. The zero-order valence-electron chi connectivity index (χ0n) is 5.74. The summed E-state index contributed by atoms with van der Waals surface area (Å²) in [5.74, 6) is -0.458. The molecule has 1 aliphatic heterocycles. The molecule has 1 fully saturated rings. The monoisotopic (exact) mass is 166 g/mol. The molecule has 0 saturated carbocycles. The lowest BCUT2D eigenvalue weighted by Crippen LogP contribution is -2.18. The zero-order chi connectivity index (χ0) is 7.84. The molecule has 0 radical (unpaired) electrons. The van der Waals surface area contributed by atoms with Gasteiger partial charge in [-0.3, -0.25) is 4.79 Å². The molecule has 0 aromatic heterocycles. The molecule has 0 aromatic carbocycles. The SMILES string of the molecule is O=C1OCC2=CC=CC(=S)C12.